The van der Waals surface area contributed by atoms with E-state index in [2.05, 4.69) is 63.8 Å². The first kappa shape index (κ1) is 16.3. The Morgan fingerprint density at radius 2 is 1.81 bits per heavy atom. The monoisotopic (exact) mass is 349 g/mol. The van der Waals surface area contributed by atoms with Crippen molar-refractivity contribution in [1.82, 2.24) is 10.4 Å². The van der Waals surface area contributed by atoms with Gasteiger partial charge in [-0.25, -0.2) is 0 Å². The lowest BCUT2D eigenvalue weighted by Crippen LogP contribution is -2.43. The zero-order valence-corrected chi connectivity index (χ0v) is 15.2. The minimum atomic E-state index is 0.412. The molecule has 0 saturated carbocycles. The molecule has 2 saturated heterocycles. The molecular weight excluding hydrogens is 322 g/mol. The van der Waals surface area contributed by atoms with Gasteiger partial charge >= 0.3 is 0 Å². The fourth-order valence-corrected chi connectivity index (χ4v) is 4.74. The van der Waals surface area contributed by atoms with Gasteiger partial charge in [0.2, 0.25) is 0 Å². The summed E-state index contributed by atoms with van der Waals surface area (Å²) in [7, 11) is 0. The molecule has 1 unspecified atom stereocenters. The summed E-state index contributed by atoms with van der Waals surface area (Å²) in [6, 6.07) is 18.1. The third-order valence-electron chi connectivity index (χ3n) is 6.14. The van der Waals surface area contributed by atoms with Gasteiger partial charge in [-0.05, 0) is 47.6 Å². The van der Waals surface area contributed by atoms with Crippen molar-refractivity contribution >= 4 is 5.69 Å². The summed E-state index contributed by atoms with van der Waals surface area (Å²) in [6.07, 6.45) is 2.40. The first-order chi connectivity index (χ1) is 12.9. The van der Waals surface area contributed by atoms with Gasteiger partial charge in [0.25, 0.3) is 0 Å². The van der Waals surface area contributed by atoms with Crippen LogP contribution in [-0.2, 0) is 11.4 Å². The largest absolute Gasteiger partial charge is 0.369 e. The molecule has 0 radical (unpaired) electrons. The number of piperidine rings is 1. The van der Waals surface area contributed by atoms with E-state index in [1.165, 1.54) is 29.7 Å². The van der Waals surface area contributed by atoms with Crippen molar-refractivity contribution in [3.63, 3.8) is 0 Å². The van der Waals surface area contributed by atoms with Crippen LogP contribution in [0.3, 0.4) is 0 Å². The molecule has 0 spiro atoms. The van der Waals surface area contributed by atoms with Crippen molar-refractivity contribution in [2.24, 2.45) is 0 Å². The smallest absolute Gasteiger partial charge is 0.0936 e. The van der Waals surface area contributed by atoms with Crippen molar-refractivity contribution in [2.75, 3.05) is 37.6 Å². The maximum Gasteiger partial charge on any atom is 0.0936 e. The van der Waals surface area contributed by atoms with Crippen LogP contribution in [0.4, 0.5) is 5.69 Å². The van der Waals surface area contributed by atoms with Crippen LogP contribution in [-0.4, -0.2) is 37.8 Å². The number of benzene rings is 2. The lowest BCUT2D eigenvalue weighted by atomic mass is 9.96. The molecule has 4 heteroatoms. The second-order valence-corrected chi connectivity index (χ2v) is 7.69. The summed E-state index contributed by atoms with van der Waals surface area (Å²) in [5, 5.41) is 5.69. The summed E-state index contributed by atoms with van der Waals surface area (Å²) < 4.78 is 0. The van der Waals surface area contributed by atoms with Gasteiger partial charge in [0.05, 0.1) is 12.6 Å². The maximum atomic E-state index is 6.25. The van der Waals surface area contributed by atoms with Gasteiger partial charge in [-0.1, -0.05) is 36.4 Å². The topological polar surface area (TPSA) is 27.7 Å². The summed E-state index contributed by atoms with van der Waals surface area (Å²) in [4.78, 5) is 8.76. The molecule has 2 bridgehead atoms. The van der Waals surface area contributed by atoms with E-state index in [-0.39, 0.29) is 0 Å². The van der Waals surface area contributed by atoms with E-state index in [1.807, 2.05) is 0 Å². The molecule has 0 amide bonds. The maximum absolute atomic E-state index is 6.25. The van der Waals surface area contributed by atoms with Crippen LogP contribution in [0.1, 0.15) is 41.5 Å². The van der Waals surface area contributed by atoms with E-state index in [4.69, 9.17) is 4.84 Å². The van der Waals surface area contributed by atoms with Crippen molar-refractivity contribution in [3.8, 4) is 0 Å². The molecule has 0 aromatic heterocycles. The molecule has 1 aliphatic carbocycles. The highest BCUT2D eigenvalue weighted by atomic mass is 16.7. The number of hydrogen-bond acceptors (Lipinski definition) is 4. The number of piperazine rings is 1. The number of rotatable bonds is 4. The number of anilines is 1. The Hall–Kier alpha value is -1.88. The van der Waals surface area contributed by atoms with E-state index in [9.17, 15) is 0 Å². The van der Waals surface area contributed by atoms with Crippen molar-refractivity contribution < 1.29 is 4.84 Å². The molecule has 2 heterocycles. The fourth-order valence-electron chi connectivity index (χ4n) is 4.74. The molecular formula is C22H27N3O. The highest BCUT2D eigenvalue weighted by Crippen LogP contribution is 2.50. The molecule has 2 atom stereocenters. The quantitative estimate of drug-likeness (QED) is 0.915. The Labute approximate surface area is 155 Å². The first-order valence-corrected chi connectivity index (χ1v) is 9.91. The molecule has 3 aliphatic rings. The predicted molar refractivity (Wildman–Crippen MR) is 104 cm³/mol. The Kier molecular flexibility index (Phi) is 4.41. The standard InChI is InChI=1S/C22H27N3O/c1-2-4-17(5-3-1)16-26-25-11-8-18-14-22(25)21-15-19(6-7-20(18)21)24-12-9-23-10-13-24/h1-7,15,18,22-23H,8-14,16H2/t18?,22-/m1/s1. The molecule has 2 fully saturated rings. The lowest BCUT2D eigenvalue weighted by molar-refractivity contribution is -0.207. The number of hydroxylamine groups is 2. The Morgan fingerprint density at radius 3 is 2.65 bits per heavy atom. The highest BCUT2D eigenvalue weighted by Gasteiger charge is 2.39. The van der Waals surface area contributed by atoms with E-state index in [1.54, 1.807) is 5.56 Å². The van der Waals surface area contributed by atoms with Gasteiger partial charge in [-0.3, -0.25) is 4.84 Å². The van der Waals surface area contributed by atoms with Crippen LogP contribution in [0.5, 0.6) is 0 Å². The molecule has 1 N–H and O–H groups in total. The Bertz CT molecular complexity index is 757. The molecule has 2 aliphatic heterocycles. The third-order valence-corrected chi connectivity index (χ3v) is 6.14. The van der Waals surface area contributed by atoms with Gasteiger partial charge in [0.15, 0.2) is 0 Å². The fraction of sp³-hybridized carbons (Fsp3) is 0.455. The predicted octanol–water partition coefficient (Wildman–Crippen LogP) is 3.46. The number of fused-ring (bicyclic) bond motifs is 5. The molecule has 2 aromatic rings. The van der Waals surface area contributed by atoms with Crippen LogP contribution in [0.25, 0.3) is 0 Å². The number of nitrogens with one attached hydrogen (secondary N) is 1. The van der Waals surface area contributed by atoms with Gasteiger partial charge in [-0.2, -0.15) is 5.06 Å². The van der Waals surface area contributed by atoms with E-state index >= 15 is 0 Å². The van der Waals surface area contributed by atoms with Gasteiger partial charge in [0.1, 0.15) is 0 Å². The van der Waals surface area contributed by atoms with Gasteiger partial charge < -0.3 is 10.2 Å². The average molecular weight is 349 g/mol. The van der Waals surface area contributed by atoms with E-state index in [0.717, 1.165) is 32.7 Å². The van der Waals surface area contributed by atoms with Crippen LogP contribution in [0, 0.1) is 0 Å². The minimum absolute atomic E-state index is 0.412. The molecule has 4 nitrogen and oxygen atoms in total. The molecule has 2 aromatic carbocycles. The summed E-state index contributed by atoms with van der Waals surface area (Å²) in [5.74, 6) is 0.712. The second-order valence-electron chi connectivity index (χ2n) is 7.69. The second kappa shape index (κ2) is 7.03. The normalized spacial score (nSPS) is 25.3. The highest BCUT2D eigenvalue weighted by molar-refractivity contribution is 5.55. The molecule has 5 rings (SSSR count). The Balaban J connectivity index is 1.35. The minimum Gasteiger partial charge on any atom is -0.369 e. The molecule has 26 heavy (non-hydrogen) atoms. The van der Waals surface area contributed by atoms with Gasteiger partial charge in [0, 0.05) is 38.4 Å². The zero-order chi connectivity index (χ0) is 17.3. The van der Waals surface area contributed by atoms with Crippen molar-refractivity contribution in [2.45, 2.75) is 31.4 Å². The zero-order valence-electron chi connectivity index (χ0n) is 15.2. The van der Waals surface area contributed by atoms with E-state index in [0.29, 0.717) is 18.6 Å². The van der Waals surface area contributed by atoms with Crippen molar-refractivity contribution in [1.29, 1.82) is 0 Å². The summed E-state index contributed by atoms with van der Waals surface area (Å²) >= 11 is 0. The summed E-state index contributed by atoms with van der Waals surface area (Å²) in [6.45, 7) is 6.04. The lowest BCUT2D eigenvalue weighted by Gasteiger charge is -2.33. The third kappa shape index (κ3) is 3.02. The van der Waals surface area contributed by atoms with Crippen LogP contribution >= 0.6 is 0 Å². The van der Waals surface area contributed by atoms with Gasteiger partial charge in [-0.15, -0.1) is 0 Å². The van der Waals surface area contributed by atoms with Crippen LogP contribution in [0.2, 0.25) is 0 Å². The average Bonchev–Trinajstić information content (AvgIpc) is 3.01. The first-order valence-electron chi connectivity index (χ1n) is 9.91. The van der Waals surface area contributed by atoms with Crippen LogP contribution in [0.15, 0.2) is 48.5 Å². The molecule has 136 valence electrons. The Morgan fingerprint density at radius 1 is 0.962 bits per heavy atom. The summed E-state index contributed by atoms with van der Waals surface area (Å²) in [5.41, 5.74) is 5.67. The van der Waals surface area contributed by atoms with Crippen molar-refractivity contribution in [3.05, 3.63) is 65.2 Å². The number of nitrogens with zero attached hydrogens (tertiary/aromatic N) is 2. The van der Waals surface area contributed by atoms with E-state index < -0.39 is 0 Å². The number of hydrogen-bond donors (Lipinski definition) is 1. The SMILES string of the molecule is c1ccc(CON2CCC3C[C@@H]2c2cc(N4CCNCC4)ccc23)cc1. The van der Waals surface area contributed by atoms with Crippen LogP contribution < -0.4 is 10.2 Å².